The van der Waals surface area contributed by atoms with Gasteiger partial charge in [0.15, 0.2) is 0 Å². The SMILES string of the molecule is CCOc1ccccc1NC(=O)c1ccc(Oc2ccc(C(F)(F)F)cn2)cc1. The standard InChI is InChI=1S/C21H17F3N2O3/c1-2-28-18-6-4-3-5-17(18)26-20(27)14-7-10-16(11-8-14)29-19-12-9-15(13-25-19)21(22,23)24/h3-13H,2H2,1H3,(H,26,27). The lowest BCUT2D eigenvalue weighted by Gasteiger charge is -2.11. The predicted octanol–water partition coefficient (Wildman–Crippen LogP) is 5.54. The highest BCUT2D eigenvalue weighted by Gasteiger charge is 2.30. The van der Waals surface area contributed by atoms with Gasteiger partial charge in [0.1, 0.15) is 11.5 Å². The third-order valence-corrected chi connectivity index (χ3v) is 3.84. The van der Waals surface area contributed by atoms with Crippen molar-refractivity contribution >= 4 is 11.6 Å². The largest absolute Gasteiger partial charge is 0.492 e. The molecule has 0 radical (unpaired) electrons. The third kappa shape index (κ3) is 5.25. The lowest BCUT2D eigenvalue weighted by atomic mass is 10.2. The summed E-state index contributed by atoms with van der Waals surface area (Å²) in [5.74, 6) is 0.581. The Morgan fingerprint density at radius 1 is 1.03 bits per heavy atom. The minimum Gasteiger partial charge on any atom is -0.492 e. The van der Waals surface area contributed by atoms with E-state index in [1.54, 1.807) is 18.2 Å². The van der Waals surface area contributed by atoms with Crippen LogP contribution in [0.1, 0.15) is 22.8 Å². The molecule has 3 aromatic rings. The first-order valence-corrected chi connectivity index (χ1v) is 8.71. The van der Waals surface area contributed by atoms with Crippen LogP contribution < -0.4 is 14.8 Å². The van der Waals surface area contributed by atoms with Crippen molar-refractivity contribution in [1.82, 2.24) is 4.98 Å². The number of aromatic nitrogens is 1. The minimum atomic E-state index is -4.46. The van der Waals surface area contributed by atoms with E-state index in [1.807, 2.05) is 13.0 Å². The molecule has 1 amide bonds. The fraction of sp³-hybridized carbons (Fsp3) is 0.143. The Kier molecular flexibility index (Phi) is 6.01. The summed E-state index contributed by atoms with van der Waals surface area (Å²) >= 11 is 0. The van der Waals surface area contributed by atoms with Crippen LogP contribution in [0.5, 0.6) is 17.4 Å². The van der Waals surface area contributed by atoms with Gasteiger partial charge in [0, 0.05) is 17.8 Å². The Labute approximate surface area is 165 Å². The molecule has 0 saturated carbocycles. The van der Waals surface area contributed by atoms with Gasteiger partial charge in [0.2, 0.25) is 5.88 Å². The van der Waals surface area contributed by atoms with Gasteiger partial charge in [-0.05, 0) is 49.4 Å². The molecule has 0 unspecified atom stereocenters. The van der Waals surface area contributed by atoms with Gasteiger partial charge in [-0.3, -0.25) is 4.79 Å². The maximum absolute atomic E-state index is 12.6. The molecule has 8 heteroatoms. The maximum atomic E-state index is 12.6. The van der Waals surface area contributed by atoms with Gasteiger partial charge in [-0.1, -0.05) is 12.1 Å². The molecule has 1 aromatic heterocycles. The molecule has 0 aliphatic carbocycles. The number of ether oxygens (including phenoxy) is 2. The van der Waals surface area contributed by atoms with Crippen LogP contribution in [-0.2, 0) is 6.18 Å². The van der Waals surface area contributed by atoms with E-state index in [-0.39, 0.29) is 11.8 Å². The molecule has 0 aliphatic rings. The molecule has 2 aromatic carbocycles. The Morgan fingerprint density at radius 3 is 2.38 bits per heavy atom. The summed E-state index contributed by atoms with van der Waals surface area (Å²) in [6.07, 6.45) is -3.76. The summed E-state index contributed by atoms with van der Waals surface area (Å²) < 4.78 is 48.6. The smallest absolute Gasteiger partial charge is 0.417 e. The number of halogens is 3. The van der Waals surface area contributed by atoms with E-state index in [0.29, 0.717) is 35.6 Å². The normalized spacial score (nSPS) is 11.0. The Bertz CT molecular complexity index is 972. The first-order valence-electron chi connectivity index (χ1n) is 8.71. The predicted molar refractivity (Wildman–Crippen MR) is 101 cm³/mol. The number of anilines is 1. The number of para-hydroxylation sites is 2. The molecule has 150 valence electrons. The average Bonchev–Trinajstić information content (AvgIpc) is 2.70. The van der Waals surface area contributed by atoms with Gasteiger partial charge in [0.05, 0.1) is 17.9 Å². The number of hydrogen-bond donors (Lipinski definition) is 1. The van der Waals surface area contributed by atoms with Gasteiger partial charge in [-0.25, -0.2) is 4.98 Å². The maximum Gasteiger partial charge on any atom is 0.417 e. The van der Waals surface area contributed by atoms with Crippen molar-refractivity contribution < 1.29 is 27.4 Å². The summed E-state index contributed by atoms with van der Waals surface area (Å²) in [7, 11) is 0. The van der Waals surface area contributed by atoms with Crippen molar-refractivity contribution in [3.63, 3.8) is 0 Å². The fourth-order valence-electron chi connectivity index (χ4n) is 2.45. The molecule has 0 bridgehead atoms. The van der Waals surface area contributed by atoms with Crippen LogP contribution in [-0.4, -0.2) is 17.5 Å². The molecule has 0 saturated heterocycles. The van der Waals surface area contributed by atoms with Crippen molar-refractivity contribution in [2.24, 2.45) is 0 Å². The second kappa shape index (κ2) is 8.64. The van der Waals surface area contributed by atoms with E-state index in [0.717, 1.165) is 12.1 Å². The zero-order valence-corrected chi connectivity index (χ0v) is 15.4. The molecular weight excluding hydrogens is 385 g/mol. The monoisotopic (exact) mass is 402 g/mol. The van der Waals surface area contributed by atoms with Gasteiger partial charge in [-0.15, -0.1) is 0 Å². The van der Waals surface area contributed by atoms with E-state index in [4.69, 9.17) is 9.47 Å². The van der Waals surface area contributed by atoms with Crippen molar-refractivity contribution in [2.75, 3.05) is 11.9 Å². The Morgan fingerprint density at radius 2 is 1.76 bits per heavy atom. The zero-order chi connectivity index (χ0) is 20.9. The van der Waals surface area contributed by atoms with Crippen LogP contribution >= 0.6 is 0 Å². The van der Waals surface area contributed by atoms with Crippen molar-refractivity contribution in [3.8, 4) is 17.4 Å². The summed E-state index contributed by atoms with van der Waals surface area (Å²) in [5, 5.41) is 2.78. The highest BCUT2D eigenvalue weighted by Crippen LogP contribution is 2.30. The highest BCUT2D eigenvalue weighted by molar-refractivity contribution is 6.05. The van der Waals surface area contributed by atoms with Crippen LogP contribution in [0, 0.1) is 0 Å². The molecule has 1 heterocycles. The van der Waals surface area contributed by atoms with E-state index < -0.39 is 11.7 Å². The second-order valence-corrected chi connectivity index (χ2v) is 5.89. The van der Waals surface area contributed by atoms with Crippen LogP contribution in [0.3, 0.4) is 0 Å². The highest BCUT2D eigenvalue weighted by atomic mass is 19.4. The average molecular weight is 402 g/mol. The van der Waals surface area contributed by atoms with Gasteiger partial charge in [-0.2, -0.15) is 13.2 Å². The number of amides is 1. The number of carbonyl (C=O) groups is 1. The fourth-order valence-corrected chi connectivity index (χ4v) is 2.45. The minimum absolute atomic E-state index is 0.0147. The second-order valence-electron chi connectivity index (χ2n) is 5.89. The number of benzene rings is 2. The van der Waals surface area contributed by atoms with E-state index in [2.05, 4.69) is 10.3 Å². The Balaban J connectivity index is 1.66. The van der Waals surface area contributed by atoms with E-state index in [9.17, 15) is 18.0 Å². The molecule has 1 N–H and O–H groups in total. The number of pyridine rings is 1. The molecule has 0 aliphatic heterocycles. The third-order valence-electron chi connectivity index (χ3n) is 3.84. The van der Waals surface area contributed by atoms with Crippen molar-refractivity contribution in [2.45, 2.75) is 13.1 Å². The topological polar surface area (TPSA) is 60.5 Å². The summed E-state index contributed by atoms with van der Waals surface area (Å²) in [4.78, 5) is 16.1. The number of carbonyl (C=O) groups excluding carboxylic acids is 1. The summed E-state index contributed by atoms with van der Waals surface area (Å²) in [5.41, 5.74) is 0.0712. The van der Waals surface area contributed by atoms with Crippen LogP contribution in [0.2, 0.25) is 0 Å². The van der Waals surface area contributed by atoms with E-state index in [1.165, 1.54) is 24.3 Å². The molecule has 5 nitrogen and oxygen atoms in total. The lowest BCUT2D eigenvalue weighted by Crippen LogP contribution is -2.12. The molecular formula is C21H17F3N2O3. The van der Waals surface area contributed by atoms with Gasteiger partial charge in [0.25, 0.3) is 5.91 Å². The first kappa shape index (κ1) is 20.2. The van der Waals surface area contributed by atoms with Crippen LogP contribution in [0.4, 0.5) is 18.9 Å². The van der Waals surface area contributed by atoms with Crippen molar-refractivity contribution in [3.05, 3.63) is 78.0 Å². The molecule has 29 heavy (non-hydrogen) atoms. The molecule has 0 fully saturated rings. The van der Waals surface area contributed by atoms with Gasteiger partial charge >= 0.3 is 6.18 Å². The first-order chi connectivity index (χ1) is 13.9. The Hall–Kier alpha value is -3.55. The van der Waals surface area contributed by atoms with Crippen molar-refractivity contribution in [1.29, 1.82) is 0 Å². The number of nitrogens with zero attached hydrogens (tertiary/aromatic N) is 1. The summed E-state index contributed by atoms with van der Waals surface area (Å²) in [6.45, 7) is 2.32. The number of alkyl halides is 3. The number of hydrogen-bond acceptors (Lipinski definition) is 4. The zero-order valence-electron chi connectivity index (χ0n) is 15.4. The lowest BCUT2D eigenvalue weighted by molar-refractivity contribution is -0.137. The molecule has 3 rings (SSSR count). The number of nitrogens with one attached hydrogen (secondary N) is 1. The molecule has 0 spiro atoms. The van der Waals surface area contributed by atoms with E-state index >= 15 is 0 Å². The molecule has 0 atom stereocenters. The quantitative estimate of drug-likeness (QED) is 0.588. The number of rotatable bonds is 6. The summed E-state index contributed by atoms with van der Waals surface area (Å²) in [6, 6.07) is 15.2. The van der Waals surface area contributed by atoms with Crippen LogP contribution in [0.15, 0.2) is 66.9 Å². The van der Waals surface area contributed by atoms with Crippen LogP contribution in [0.25, 0.3) is 0 Å². The van der Waals surface area contributed by atoms with Gasteiger partial charge < -0.3 is 14.8 Å².